The topological polar surface area (TPSA) is 126 Å². The number of nitro groups is 2. The molecule has 0 unspecified atom stereocenters. The molecule has 0 fully saturated rings. The Balaban J connectivity index is 3.08. The maximum Gasteiger partial charge on any atom is 0.289 e. The number of carbonyl (C=O) groups is 1. The number of thioether (sulfide) groups is 1. The molecule has 0 amide bonds. The molecule has 1 rings (SSSR count). The highest BCUT2D eigenvalue weighted by molar-refractivity contribution is 8.00. The SMILES string of the molecule is O=C([O-])CSc1ccc([N+](=O)[O-])cc1[N+](=O)[O-]. The Morgan fingerprint density at radius 2 is 1.88 bits per heavy atom. The van der Waals surface area contributed by atoms with Crippen LogP contribution in [0, 0.1) is 20.2 Å². The number of carbonyl (C=O) groups excluding carboxylic acids is 1. The van der Waals surface area contributed by atoms with Crippen molar-refractivity contribution in [2.24, 2.45) is 0 Å². The number of nitrogens with zero attached hydrogens (tertiary/aromatic N) is 2. The van der Waals surface area contributed by atoms with Gasteiger partial charge in [0.25, 0.3) is 11.4 Å². The fraction of sp³-hybridized carbons (Fsp3) is 0.125. The molecule has 0 heterocycles. The van der Waals surface area contributed by atoms with Crippen LogP contribution in [0.25, 0.3) is 0 Å². The van der Waals surface area contributed by atoms with Crippen molar-refractivity contribution in [2.75, 3.05) is 5.75 Å². The van der Waals surface area contributed by atoms with E-state index in [0.717, 1.165) is 18.2 Å². The van der Waals surface area contributed by atoms with Gasteiger partial charge in [0.05, 0.1) is 26.8 Å². The molecular weight excluding hydrogens is 252 g/mol. The Kier molecular flexibility index (Phi) is 3.99. The van der Waals surface area contributed by atoms with E-state index in [1.807, 2.05) is 0 Å². The van der Waals surface area contributed by atoms with Gasteiger partial charge in [0, 0.05) is 11.8 Å². The lowest BCUT2D eigenvalue weighted by molar-refractivity contribution is -0.396. The number of rotatable bonds is 5. The summed E-state index contributed by atoms with van der Waals surface area (Å²) in [6, 6.07) is 3.01. The zero-order valence-electron chi connectivity index (χ0n) is 8.19. The van der Waals surface area contributed by atoms with E-state index in [-0.39, 0.29) is 4.90 Å². The molecular formula is C8H5N2O6S-. The van der Waals surface area contributed by atoms with Crippen LogP contribution >= 0.6 is 11.8 Å². The second kappa shape index (κ2) is 5.25. The van der Waals surface area contributed by atoms with Gasteiger partial charge in [-0.25, -0.2) is 0 Å². The standard InChI is InChI=1S/C8H6N2O6S/c11-8(12)4-17-7-2-1-5(9(13)14)3-6(7)10(15)16/h1-3H,4H2,(H,11,12)/p-1. The average molecular weight is 257 g/mol. The second-order valence-corrected chi connectivity index (χ2v) is 3.84. The normalized spacial score (nSPS) is 9.88. The van der Waals surface area contributed by atoms with E-state index >= 15 is 0 Å². The van der Waals surface area contributed by atoms with Gasteiger partial charge in [0.15, 0.2) is 0 Å². The number of hydrogen-bond donors (Lipinski definition) is 0. The predicted octanol–water partition coefficient (Wildman–Crippen LogP) is 0.345. The van der Waals surface area contributed by atoms with Crippen molar-refractivity contribution in [2.45, 2.75) is 4.90 Å². The quantitative estimate of drug-likeness (QED) is 0.423. The van der Waals surface area contributed by atoms with Crippen LogP contribution in [0.1, 0.15) is 0 Å². The lowest BCUT2D eigenvalue weighted by Crippen LogP contribution is -2.24. The molecule has 0 radical (unpaired) electrons. The molecule has 0 aliphatic carbocycles. The Hall–Kier alpha value is -2.16. The van der Waals surface area contributed by atoms with Crippen LogP contribution in [0.2, 0.25) is 0 Å². The van der Waals surface area contributed by atoms with Crippen LogP contribution in [0.5, 0.6) is 0 Å². The van der Waals surface area contributed by atoms with Crippen molar-refractivity contribution < 1.29 is 19.7 Å². The van der Waals surface area contributed by atoms with E-state index in [9.17, 15) is 30.1 Å². The lowest BCUT2D eigenvalue weighted by Gasteiger charge is -2.03. The Morgan fingerprint density at radius 3 is 2.35 bits per heavy atom. The van der Waals surface area contributed by atoms with Gasteiger partial charge >= 0.3 is 0 Å². The molecule has 0 aliphatic rings. The van der Waals surface area contributed by atoms with Crippen molar-refractivity contribution in [3.8, 4) is 0 Å². The maximum atomic E-state index is 10.6. The van der Waals surface area contributed by atoms with E-state index in [1.54, 1.807) is 0 Å². The number of nitro benzene ring substituents is 2. The van der Waals surface area contributed by atoms with Gasteiger partial charge in [-0.1, -0.05) is 0 Å². The van der Waals surface area contributed by atoms with Crippen molar-refractivity contribution in [3.05, 3.63) is 38.4 Å². The first-order valence-electron chi connectivity index (χ1n) is 4.17. The number of carboxylic acid groups (broad SMARTS) is 1. The maximum absolute atomic E-state index is 10.6. The summed E-state index contributed by atoms with van der Waals surface area (Å²) in [4.78, 5) is 29.8. The Labute approximate surface area is 98.5 Å². The fourth-order valence-corrected chi connectivity index (χ4v) is 1.74. The average Bonchev–Trinajstić information content (AvgIpc) is 2.25. The third kappa shape index (κ3) is 3.41. The van der Waals surface area contributed by atoms with Gasteiger partial charge in [0.2, 0.25) is 0 Å². The highest BCUT2D eigenvalue weighted by Gasteiger charge is 2.19. The summed E-state index contributed by atoms with van der Waals surface area (Å²) < 4.78 is 0. The van der Waals surface area contributed by atoms with Gasteiger partial charge in [-0.05, 0) is 6.07 Å². The molecule has 0 aromatic heterocycles. The Bertz CT molecular complexity index is 489. The highest BCUT2D eigenvalue weighted by Crippen LogP contribution is 2.32. The zero-order valence-corrected chi connectivity index (χ0v) is 9.01. The molecule has 0 spiro atoms. The number of carboxylic acids is 1. The lowest BCUT2D eigenvalue weighted by atomic mass is 10.3. The van der Waals surface area contributed by atoms with Gasteiger partial charge in [-0.3, -0.25) is 20.2 Å². The van der Waals surface area contributed by atoms with Crippen LogP contribution in [0.15, 0.2) is 23.1 Å². The van der Waals surface area contributed by atoms with Crippen LogP contribution < -0.4 is 5.11 Å². The van der Waals surface area contributed by atoms with Crippen molar-refractivity contribution >= 4 is 29.1 Å². The van der Waals surface area contributed by atoms with Gasteiger partial charge in [0.1, 0.15) is 0 Å². The van der Waals surface area contributed by atoms with Gasteiger partial charge < -0.3 is 9.90 Å². The van der Waals surface area contributed by atoms with E-state index < -0.39 is 32.9 Å². The molecule has 0 N–H and O–H groups in total. The number of hydrogen-bond acceptors (Lipinski definition) is 7. The third-order valence-electron chi connectivity index (χ3n) is 1.70. The van der Waals surface area contributed by atoms with E-state index in [2.05, 4.69) is 0 Å². The smallest absolute Gasteiger partial charge is 0.289 e. The van der Waals surface area contributed by atoms with Gasteiger partial charge in [-0.15, -0.1) is 11.8 Å². The predicted molar refractivity (Wildman–Crippen MR) is 55.5 cm³/mol. The molecule has 0 atom stereocenters. The van der Waals surface area contributed by atoms with Crippen LogP contribution in [0.3, 0.4) is 0 Å². The number of non-ortho nitro benzene ring substituents is 1. The molecule has 1 aromatic rings. The summed E-state index contributed by atoms with van der Waals surface area (Å²) in [5.41, 5.74) is -0.917. The minimum atomic E-state index is -1.37. The largest absolute Gasteiger partial charge is 0.549 e. The summed E-state index contributed by atoms with van der Waals surface area (Å²) in [6.07, 6.45) is 0. The van der Waals surface area contributed by atoms with Gasteiger partial charge in [-0.2, -0.15) is 0 Å². The third-order valence-corrected chi connectivity index (χ3v) is 2.73. The number of aliphatic carboxylic acids is 1. The van der Waals surface area contributed by atoms with Crippen molar-refractivity contribution in [3.63, 3.8) is 0 Å². The molecule has 0 saturated carbocycles. The molecule has 0 aliphatic heterocycles. The summed E-state index contributed by atoms with van der Waals surface area (Å²) in [7, 11) is 0. The minimum absolute atomic E-state index is 0.0461. The van der Waals surface area contributed by atoms with E-state index in [4.69, 9.17) is 0 Å². The molecule has 90 valence electrons. The summed E-state index contributed by atoms with van der Waals surface area (Å²) in [5, 5.41) is 31.3. The minimum Gasteiger partial charge on any atom is -0.549 e. The molecule has 17 heavy (non-hydrogen) atoms. The molecule has 8 nitrogen and oxygen atoms in total. The van der Waals surface area contributed by atoms with Crippen molar-refractivity contribution in [1.29, 1.82) is 0 Å². The highest BCUT2D eigenvalue weighted by atomic mass is 32.2. The summed E-state index contributed by atoms with van der Waals surface area (Å²) in [6.45, 7) is 0. The first-order chi connectivity index (χ1) is 7.91. The zero-order chi connectivity index (χ0) is 13.0. The monoisotopic (exact) mass is 257 g/mol. The first-order valence-corrected chi connectivity index (χ1v) is 5.16. The van der Waals surface area contributed by atoms with Crippen LogP contribution in [-0.4, -0.2) is 21.6 Å². The first kappa shape index (κ1) is 12.9. The summed E-state index contributed by atoms with van der Waals surface area (Å²) in [5.74, 6) is -1.83. The fourth-order valence-electron chi connectivity index (χ4n) is 1.02. The molecule has 1 aromatic carbocycles. The van der Waals surface area contributed by atoms with E-state index in [1.165, 1.54) is 0 Å². The number of benzene rings is 1. The second-order valence-electron chi connectivity index (χ2n) is 2.83. The summed E-state index contributed by atoms with van der Waals surface area (Å²) >= 11 is 0.678. The van der Waals surface area contributed by atoms with Crippen LogP contribution in [0.4, 0.5) is 11.4 Å². The molecule has 9 heteroatoms. The van der Waals surface area contributed by atoms with E-state index in [0.29, 0.717) is 11.8 Å². The van der Waals surface area contributed by atoms with Crippen LogP contribution in [-0.2, 0) is 4.79 Å². The van der Waals surface area contributed by atoms with Crippen molar-refractivity contribution in [1.82, 2.24) is 0 Å². The molecule has 0 bridgehead atoms. The Morgan fingerprint density at radius 1 is 1.24 bits per heavy atom. The molecule has 0 saturated heterocycles.